The van der Waals surface area contributed by atoms with Crippen LogP contribution < -0.4 is 10.9 Å². The van der Waals surface area contributed by atoms with Gasteiger partial charge in [0.1, 0.15) is 0 Å². The van der Waals surface area contributed by atoms with Crippen LogP contribution in [0.15, 0.2) is 69.0 Å². The van der Waals surface area contributed by atoms with Gasteiger partial charge >= 0.3 is 0 Å². The van der Waals surface area contributed by atoms with E-state index in [9.17, 15) is 9.59 Å². The number of thioether (sulfide) groups is 1. The van der Waals surface area contributed by atoms with Crippen molar-refractivity contribution >= 4 is 28.4 Å². The Labute approximate surface area is 224 Å². The highest BCUT2D eigenvalue weighted by Crippen LogP contribution is 2.55. The molecule has 4 fully saturated rings. The zero-order valence-corrected chi connectivity index (χ0v) is 21.8. The lowest BCUT2D eigenvalue weighted by Gasteiger charge is -2.56. The molecule has 194 valence electrons. The van der Waals surface area contributed by atoms with Crippen LogP contribution in [0.2, 0.25) is 0 Å². The zero-order chi connectivity index (χ0) is 25.7. The Morgan fingerprint density at radius 1 is 0.947 bits per heavy atom. The molecule has 0 saturated heterocycles. The highest BCUT2D eigenvalue weighted by molar-refractivity contribution is 7.99. The van der Waals surface area contributed by atoms with Gasteiger partial charge in [-0.1, -0.05) is 60.3 Å². The monoisotopic (exact) mass is 527 g/mol. The normalized spacial score (nSPS) is 25.6. The molecule has 1 amide bonds. The fourth-order valence-electron chi connectivity index (χ4n) is 7.34. The molecule has 0 radical (unpaired) electrons. The first-order chi connectivity index (χ1) is 18.5. The SMILES string of the molecule is O=C(CSc1nnc(-c2nn(Cc3ccccc3)c(=O)c3ccccc23)o1)NC12CC3CC(CC(C3)C1)C2. The van der Waals surface area contributed by atoms with E-state index in [0.717, 1.165) is 42.6 Å². The van der Waals surface area contributed by atoms with Crippen LogP contribution in [0.3, 0.4) is 0 Å². The molecule has 1 N–H and O–H groups in total. The molecule has 8 rings (SSSR count). The van der Waals surface area contributed by atoms with Crippen molar-refractivity contribution in [3.63, 3.8) is 0 Å². The number of benzene rings is 2. The van der Waals surface area contributed by atoms with E-state index in [0.29, 0.717) is 28.2 Å². The first kappa shape index (κ1) is 23.6. The summed E-state index contributed by atoms with van der Waals surface area (Å²) in [5.41, 5.74) is 1.23. The highest BCUT2D eigenvalue weighted by atomic mass is 32.2. The van der Waals surface area contributed by atoms with Crippen LogP contribution in [0.1, 0.15) is 44.1 Å². The van der Waals surface area contributed by atoms with E-state index >= 15 is 0 Å². The van der Waals surface area contributed by atoms with E-state index in [2.05, 4.69) is 20.6 Å². The topological polar surface area (TPSA) is 103 Å². The predicted octanol–water partition coefficient (Wildman–Crippen LogP) is 4.67. The molecular formula is C29H29N5O3S. The van der Waals surface area contributed by atoms with Gasteiger partial charge < -0.3 is 9.73 Å². The Bertz CT molecular complexity index is 1530. The minimum atomic E-state index is -0.177. The third-order valence-corrected chi connectivity index (χ3v) is 9.24. The van der Waals surface area contributed by atoms with Crippen LogP contribution in [-0.2, 0) is 11.3 Å². The van der Waals surface area contributed by atoms with Crippen LogP contribution >= 0.6 is 11.8 Å². The van der Waals surface area contributed by atoms with Gasteiger partial charge in [-0.2, -0.15) is 5.10 Å². The van der Waals surface area contributed by atoms with Gasteiger partial charge in [0.2, 0.25) is 5.91 Å². The molecule has 0 atom stereocenters. The third kappa shape index (κ3) is 4.42. The molecule has 4 aliphatic carbocycles. The highest BCUT2D eigenvalue weighted by Gasteiger charge is 2.51. The van der Waals surface area contributed by atoms with E-state index in [1.54, 1.807) is 6.07 Å². The molecule has 4 bridgehead atoms. The van der Waals surface area contributed by atoms with Gasteiger partial charge in [0.05, 0.1) is 17.7 Å². The molecule has 9 heteroatoms. The number of fused-ring (bicyclic) bond motifs is 1. The Kier molecular flexibility index (Phi) is 5.83. The van der Waals surface area contributed by atoms with Crippen molar-refractivity contribution in [1.82, 2.24) is 25.3 Å². The second kappa shape index (κ2) is 9.38. The van der Waals surface area contributed by atoms with Gasteiger partial charge in [0.25, 0.3) is 16.7 Å². The second-order valence-electron chi connectivity index (χ2n) is 11.3. The lowest BCUT2D eigenvalue weighted by atomic mass is 9.53. The molecule has 2 aromatic heterocycles. The molecule has 0 aliphatic heterocycles. The molecule has 4 saturated carbocycles. The van der Waals surface area contributed by atoms with Crippen molar-refractivity contribution in [3.8, 4) is 11.6 Å². The van der Waals surface area contributed by atoms with Gasteiger partial charge in [-0.3, -0.25) is 9.59 Å². The summed E-state index contributed by atoms with van der Waals surface area (Å²) in [5.74, 6) is 2.81. The van der Waals surface area contributed by atoms with E-state index in [-0.39, 0.29) is 28.6 Å². The first-order valence-corrected chi connectivity index (χ1v) is 14.3. The Hall–Kier alpha value is -3.46. The lowest BCUT2D eigenvalue weighted by molar-refractivity contribution is -0.124. The summed E-state index contributed by atoms with van der Waals surface area (Å²) in [7, 11) is 0. The van der Waals surface area contributed by atoms with E-state index in [1.807, 2.05) is 48.5 Å². The van der Waals surface area contributed by atoms with Crippen LogP contribution in [-0.4, -0.2) is 37.2 Å². The number of hydrogen-bond donors (Lipinski definition) is 1. The average molecular weight is 528 g/mol. The zero-order valence-electron chi connectivity index (χ0n) is 21.0. The third-order valence-electron chi connectivity index (χ3n) is 8.42. The standard InChI is InChI=1S/C29H29N5O3S/c35-24(30-29-13-19-10-20(14-29)12-21(11-19)15-29)17-38-28-32-31-26(37-28)25-22-8-4-5-9-23(22)27(36)34(33-25)16-18-6-2-1-3-7-18/h1-9,19-21H,10-17H2,(H,30,35). The fraction of sp³-hybridized carbons (Fsp3) is 0.414. The minimum absolute atomic E-state index is 0.0122. The molecule has 4 aromatic rings. The number of nitrogens with one attached hydrogen (secondary N) is 1. The fourth-order valence-corrected chi connectivity index (χ4v) is 7.91. The van der Waals surface area contributed by atoms with Gasteiger partial charge in [-0.05, 0) is 67.9 Å². The van der Waals surface area contributed by atoms with Crippen LogP contribution in [0, 0.1) is 17.8 Å². The molecule has 0 spiro atoms. The Morgan fingerprint density at radius 3 is 2.32 bits per heavy atom. The quantitative estimate of drug-likeness (QED) is 0.348. The van der Waals surface area contributed by atoms with E-state index in [4.69, 9.17) is 4.42 Å². The Morgan fingerprint density at radius 2 is 1.61 bits per heavy atom. The molecule has 8 nitrogen and oxygen atoms in total. The number of rotatable bonds is 7. The summed E-state index contributed by atoms with van der Waals surface area (Å²) in [6.07, 6.45) is 7.40. The molecule has 38 heavy (non-hydrogen) atoms. The lowest BCUT2D eigenvalue weighted by Crippen LogP contribution is -2.60. The summed E-state index contributed by atoms with van der Waals surface area (Å²) in [6, 6.07) is 17.0. The number of carbonyl (C=O) groups is 1. The van der Waals surface area contributed by atoms with Crippen LogP contribution in [0.4, 0.5) is 0 Å². The maximum atomic E-state index is 13.1. The summed E-state index contributed by atoms with van der Waals surface area (Å²) < 4.78 is 7.38. The number of aromatic nitrogens is 4. The minimum Gasteiger partial charge on any atom is -0.409 e. The Balaban J connectivity index is 1.09. The number of hydrogen-bond acceptors (Lipinski definition) is 7. The first-order valence-electron chi connectivity index (χ1n) is 13.3. The molecule has 2 aromatic carbocycles. The predicted molar refractivity (Wildman–Crippen MR) is 145 cm³/mol. The van der Waals surface area contributed by atoms with Crippen LogP contribution in [0.5, 0.6) is 0 Å². The van der Waals surface area contributed by atoms with Gasteiger partial charge in [0, 0.05) is 10.9 Å². The van der Waals surface area contributed by atoms with Crippen molar-refractivity contribution in [2.24, 2.45) is 17.8 Å². The average Bonchev–Trinajstić information content (AvgIpc) is 3.38. The molecule has 2 heterocycles. The number of carbonyl (C=O) groups excluding carboxylic acids is 1. The summed E-state index contributed by atoms with van der Waals surface area (Å²) in [5, 5.41) is 17.9. The van der Waals surface area contributed by atoms with Crippen molar-refractivity contribution in [1.29, 1.82) is 0 Å². The van der Waals surface area contributed by atoms with Crippen molar-refractivity contribution in [3.05, 3.63) is 70.5 Å². The maximum Gasteiger partial charge on any atom is 0.277 e. The van der Waals surface area contributed by atoms with E-state index < -0.39 is 0 Å². The number of nitrogens with zero attached hydrogens (tertiary/aromatic N) is 4. The van der Waals surface area contributed by atoms with Crippen molar-refractivity contribution < 1.29 is 9.21 Å². The van der Waals surface area contributed by atoms with Gasteiger partial charge in [0.15, 0.2) is 5.69 Å². The summed E-state index contributed by atoms with van der Waals surface area (Å²) in [6.45, 7) is 0.331. The second-order valence-corrected chi connectivity index (χ2v) is 12.2. The van der Waals surface area contributed by atoms with E-state index in [1.165, 1.54) is 35.7 Å². The molecule has 0 unspecified atom stereocenters. The largest absolute Gasteiger partial charge is 0.409 e. The van der Waals surface area contributed by atoms with Crippen molar-refractivity contribution in [2.45, 2.75) is 55.8 Å². The van der Waals surface area contributed by atoms with Crippen LogP contribution in [0.25, 0.3) is 22.4 Å². The maximum absolute atomic E-state index is 13.1. The summed E-state index contributed by atoms with van der Waals surface area (Å²) >= 11 is 1.24. The van der Waals surface area contributed by atoms with Gasteiger partial charge in [-0.25, -0.2) is 4.68 Å². The smallest absolute Gasteiger partial charge is 0.277 e. The number of amides is 1. The summed E-state index contributed by atoms with van der Waals surface area (Å²) in [4.78, 5) is 26.1. The molecular weight excluding hydrogens is 498 g/mol. The molecule has 4 aliphatic rings. The van der Waals surface area contributed by atoms with Crippen molar-refractivity contribution in [2.75, 3.05) is 5.75 Å². The van der Waals surface area contributed by atoms with Gasteiger partial charge in [-0.15, -0.1) is 10.2 Å².